The summed E-state index contributed by atoms with van der Waals surface area (Å²) in [4.78, 5) is 0. The first-order valence-electron chi connectivity index (χ1n) is 10.1. The summed E-state index contributed by atoms with van der Waals surface area (Å²) in [5.74, 6) is 1.01. The van der Waals surface area contributed by atoms with Crippen molar-refractivity contribution in [3.63, 3.8) is 0 Å². The summed E-state index contributed by atoms with van der Waals surface area (Å²) in [5, 5.41) is 5.12. The highest BCUT2D eigenvalue weighted by Crippen LogP contribution is 2.40. The number of aryl methyl sites for hydroxylation is 4. The van der Waals surface area contributed by atoms with Gasteiger partial charge in [-0.05, 0) is 69.2 Å². The molecule has 2 aliphatic rings. The minimum Gasteiger partial charge on any atom is -0.491 e. The predicted octanol–water partition coefficient (Wildman–Crippen LogP) is 5.28. The van der Waals surface area contributed by atoms with Crippen LogP contribution in [0.2, 0.25) is 0 Å². The lowest BCUT2D eigenvalue weighted by molar-refractivity contribution is 0.355. The molecule has 5 rings (SSSR count). The Morgan fingerprint density at radius 3 is 2.56 bits per heavy atom. The van der Waals surface area contributed by atoms with Gasteiger partial charge in [-0.15, -0.1) is 0 Å². The van der Waals surface area contributed by atoms with Gasteiger partial charge in [0.2, 0.25) is 0 Å². The van der Waals surface area contributed by atoms with Gasteiger partial charge in [-0.2, -0.15) is 5.10 Å². The highest BCUT2D eigenvalue weighted by atomic mass is 16.5. The molecule has 1 aromatic heterocycles. The fraction of sp³-hybridized carbons (Fsp3) is 0.375. The molecule has 0 saturated carbocycles. The lowest BCUT2D eigenvalue weighted by Crippen LogP contribution is -2.05. The van der Waals surface area contributed by atoms with Crippen molar-refractivity contribution in [1.29, 1.82) is 0 Å². The van der Waals surface area contributed by atoms with Crippen LogP contribution in [0, 0.1) is 20.8 Å². The number of rotatable bonds is 2. The van der Waals surface area contributed by atoms with Crippen LogP contribution in [0.1, 0.15) is 46.4 Å². The van der Waals surface area contributed by atoms with Crippen molar-refractivity contribution in [2.75, 3.05) is 6.61 Å². The molecule has 2 heterocycles. The highest BCUT2D eigenvalue weighted by molar-refractivity contribution is 5.75. The molecule has 1 aliphatic carbocycles. The van der Waals surface area contributed by atoms with Gasteiger partial charge in [0.15, 0.2) is 0 Å². The normalized spacial score (nSPS) is 15.4. The van der Waals surface area contributed by atoms with Crippen LogP contribution in [-0.2, 0) is 19.3 Å². The van der Waals surface area contributed by atoms with Crippen molar-refractivity contribution in [1.82, 2.24) is 9.78 Å². The van der Waals surface area contributed by atoms with E-state index in [2.05, 4.69) is 55.8 Å². The second kappa shape index (κ2) is 6.26. The van der Waals surface area contributed by atoms with Crippen molar-refractivity contribution in [3.8, 4) is 22.7 Å². The van der Waals surface area contributed by atoms with Crippen molar-refractivity contribution in [3.05, 3.63) is 63.8 Å². The van der Waals surface area contributed by atoms with E-state index in [1.807, 2.05) is 0 Å². The lowest BCUT2D eigenvalue weighted by atomic mass is 9.89. The molecule has 0 unspecified atom stereocenters. The number of benzene rings is 2. The zero-order valence-electron chi connectivity index (χ0n) is 16.4. The molecule has 3 nitrogen and oxygen atoms in total. The third-order valence-corrected chi connectivity index (χ3v) is 5.99. The molecule has 0 amide bonds. The summed E-state index contributed by atoms with van der Waals surface area (Å²) in [6.45, 7) is 7.40. The van der Waals surface area contributed by atoms with Crippen LogP contribution in [0.3, 0.4) is 0 Å². The number of hydrogen-bond acceptors (Lipinski definition) is 2. The van der Waals surface area contributed by atoms with Crippen molar-refractivity contribution in [2.45, 2.75) is 52.9 Å². The summed E-state index contributed by atoms with van der Waals surface area (Å²) in [6, 6.07) is 11.1. The summed E-state index contributed by atoms with van der Waals surface area (Å²) in [5.41, 5.74) is 11.7. The molecule has 0 atom stereocenters. The third kappa shape index (κ3) is 2.60. The lowest BCUT2D eigenvalue weighted by Gasteiger charge is -2.18. The zero-order chi connectivity index (χ0) is 18.5. The van der Waals surface area contributed by atoms with Gasteiger partial charge in [0.25, 0.3) is 0 Å². The number of para-hydroxylation sites is 1. The predicted molar refractivity (Wildman–Crippen MR) is 109 cm³/mol. The van der Waals surface area contributed by atoms with Crippen molar-refractivity contribution < 1.29 is 4.74 Å². The van der Waals surface area contributed by atoms with Crippen molar-refractivity contribution in [2.24, 2.45) is 0 Å². The molecule has 0 radical (unpaired) electrons. The van der Waals surface area contributed by atoms with Gasteiger partial charge in [-0.1, -0.05) is 29.8 Å². The van der Waals surface area contributed by atoms with Gasteiger partial charge in [0.05, 0.1) is 18.0 Å². The molecular weight excluding hydrogens is 332 g/mol. The number of nitrogens with zero attached hydrogens (tertiary/aromatic N) is 2. The standard InChI is InChI=1S/C24H26N2O/c1-15-13-16(2)22(17(3)14-15)23-19-8-4-5-9-20(19)25-26(23)21-10-6-7-18-11-12-27-24(18)21/h6-7,10,13-14H,4-5,8-9,11-12H2,1-3H3. The summed E-state index contributed by atoms with van der Waals surface area (Å²) < 4.78 is 8.21. The van der Waals surface area contributed by atoms with E-state index in [1.165, 1.54) is 57.6 Å². The molecule has 3 heteroatoms. The number of hydrogen-bond donors (Lipinski definition) is 0. The number of ether oxygens (including phenoxy) is 1. The first-order chi connectivity index (χ1) is 13.1. The summed E-state index contributed by atoms with van der Waals surface area (Å²) >= 11 is 0. The molecule has 0 bridgehead atoms. The average molecular weight is 358 g/mol. The molecular formula is C24H26N2O. The van der Waals surface area contributed by atoms with Gasteiger partial charge in [-0.25, -0.2) is 4.68 Å². The first kappa shape index (κ1) is 16.6. The Kier molecular flexibility index (Phi) is 3.85. The van der Waals surface area contributed by atoms with E-state index >= 15 is 0 Å². The Bertz CT molecular complexity index is 1020. The van der Waals surface area contributed by atoms with E-state index in [-0.39, 0.29) is 0 Å². The number of aromatic nitrogens is 2. The Morgan fingerprint density at radius 1 is 0.963 bits per heavy atom. The fourth-order valence-corrected chi connectivity index (χ4v) is 4.90. The quantitative estimate of drug-likeness (QED) is 0.623. The minimum absolute atomic E-state index is 0.769. The Hall–Kier alpha value is -2.55. The van der Waals surface area contributed by atoms with E-state index in [9.17, 15) is 0 Å². The van der Waals surface area contributed by atoms with E-state index < -0.39 is 0 Å². The van der Waals surface area contributed by atoms with Gasteiger partial charge in [0.1, 0.15) is 11.4 Å². The molecule has 1 aliphatic heterocycles. The topological polar surface area (TPSA) is 27.1 Å². The molecule has 0 spiro atoms. The van der Waals surface area contributed by atoms with Gasteiger partial charge in [-0.3, -0.25) is 0 Å². The van der Waals surface area contributed by atoms with Crippen LogP contribution in [0.15, 0.2) is 30.3 Å². The second-order valence-corrected chi connectivity index (χ2v) is 8.03. The Morgan fingerprint density at radius 2 is 1.74 bits per heavy atom. The van der Waals surface area contributed by atoms with Crippen LogP contribution < -0.4 is 4.74 Å². The van der Waals surface area contributed by atoms with Crippen molar-refractivity contribution >= 4 is 0 Å². The second-order valence-electron chi connectivity index (χ2n) is 8.03. The monoisotopic (exact) mass is 358 g/mol. The van der Waals surface area contributed by atoms with Crippen LogP contribution in [0.5, 0.6) is 5.75 Å². The van der Waals surface area contributed by atoms with Gasteiger partial charge >= 0.3 is 0 Å². The molecule has 138 valence electrons. The maximum absolute atomic E-state index is 6.03. The first-order valence-corrected chi connectivity index (χ1v) is 10.1. The summed E-state index contributed by atoms with van der Waals surface area (Å²) in [6.07, 6.45) is 5.67. The third-order valence-electron chi connectivity index (χ3n) is 5.99. The van der Waals surface area contributed by atoms with E-state index in [0.717, 1.165) is 37.3 Å². The van der Waals surface area contributed by atoms with E-state index in [1.54, 1.807) is 0 Å². The highest BCUT2D eigenvalue weighted by Gasteiger charge is 2.27. The number of fused-ring (bicyclic) bond motifs is 2. The van der Waals surface area contributed by atoms with Crippen LogP contribution in [0.4, 0.5) is 0 Å². The molecule has 0 saturated heterocycles. The van der Waals surface area contributed by atoms with Crippen LogP contribution in [0.25, 0.3) is 16.9 Å². The summed E-state index contributed by atoms with van der Waals surface area (Å²) in [7, 11) is 0. The molecule has 2 aromatic carbocycles. The molecule has 0 fully saturated rings. The largest absolute Gasteiger partial charge is 0.491 e. The molecule has 27 heavy (non-hydrogen) atoms. The van der Waals surface area contributed by atoms with Gasteiger partial charge < -0.3 is 4.74 Å². The minimum atomic E-state index is 0.769. The van der Waals surface area contributed by atoms with Gasteiger partial charge in [0, 0.05) is 17.5 Å². The van der Waals surface area contributed by atoms with E-state index in [4.69, 9.17) is 9.84 Å². The average Bonchev–Trinajstić information content (AvgIpc) is 3.26. The SMILES string of the molecule is Cc1cc(C)c(-c2c3c(nn2-c2cccc4c2OCC4)CCCC3)c(C)c1. The van der Waals surface area contributed by atoms with Crippen LogP contribution in [-0.4, -0.2) is 16.4 Å². The molecule has 3 aromatic rings. The fourth-order valence-electron chi connectivity index (χ4n) is 4.90. The Labute approximate surface area is 161 Å². The maximum Gasteiger partial charge on any atom is 0.148 e. The van der Waals surface area contributed by atoms with Crippen LogP contribution >= 0.6 is 0 Å². The Balaban J connectivity index is 1.82. The zero-order valence-corrected chi connectivity index (χ0v) is 16.4. The molecule has 0 N–H and O–H groups in total. The smallest absolute Gasteiger partial charge is 0.148 e. The maximum atomic E-state index is 6.03. The van der Waals surface area contributed by atoms with E-state index in [0.29, 0.717) is 0 Å².